The van der Waals surface area contributed by atoms with Crippen molar-refractivity contribution in [3.8, 4) is 11.5 Å². The molecular formula is C27H28N2O4. The van der Waals surface area contributed by atoms with Crippen LogP contribution in [0.15, 0.2) is 66.7 Å². The second kappa shape index (κ2) is 10.3. The summed E-state index contributed by atoms with van der Waals surface area (Å²) < 4.78 is 11.1. The first-order valence-electron chi connectivity index (χ1n) is 11.1. The molecule has 1 atom stereocenters. The van der Waals surface area contributed by atoms with Crippen molar-refractivity contribution < 1.29 is 19.1 Å². The third kappa shape index (κ3) is 5.59. The SMILES string of the molecule is COc1ccc2c(c1)CCC(NCC(=O)c1ccc(OCc3ccccc3)c(C(N)=O)c1)C2. The van der Waals surface area contributed by atoms with E-state index in [0.717, 1.165) is 30.6 Å². The number of fused-ring (bicyclic) bond motifs is 1. The Balaban J connectivity index is 1.37. The third-order valence-electron chi connectivity index (χ3n) is 6.00. The van der Waals surface area contributed by atoms with Gasteiger partial charge in [0.1, 0.15) is 18.1 Å². The number of amides is 1. The predicted molar refractivity (Wildman–Crippen MR) is 127 cm³/mol. The molecule has 1 aliphatic rings. The molecule has 1 unspecified atom stereocenters. The molecule has 1 aliphatic carbocycles. The van der Waals surface area contributed by atoms with Crippen molar-refractivity contribution in [3.05, 3.63) is 94.5 Å². The molecule has 0 saturated heterocycles. The zero-order chi connectivity index (χ0) is 23.2. The normalized spacial score (nSPS) is 14.9. The first kappa shape index (κ1) is 22.6. The molecule has 0 aromatic heterocycles. The molecule has 3 N–H and O–H groups in total. The zero-order valence-electron chi connectivity index (χ0n) is 18.7. The number of carbonyl (C=O) groups is 2. The van der Waals surface area contributed by atoms with Crippen molar-refractivity contribution in [3.63, 3.8) is 0 Å². The van der Waals surface area contributed by atoms with Gasteiger partial charge in [-0.25, -0.2) is 0 Å². The van der Waals surface area contributed by atoms with Crippen molar-refractivity contribution in [2.24, 2.45) is 5.73 Å². The largest absolute Gasteiger partial charge is 0.497 e. The summed E-state index contributed by atoms with van der Waals surface area (Å²) in [5.74, 6) is 0.527. The van der Waals surface area contributed by atoms with E-state index in [1.165, 1.54) is 17.2 Å². The predicted octanol–water partition coefficient (Wildman–Crippen LogP) is 3.70. The Bertz CT molecular complexity index is 1140. The lowest BCUT2D eigenvalue weighted by atomic mass is 9.88. The van der Waals surface area contributed by atoms with Crippen molar-refractivity contribution in [2.45, 2.75) is 31.9 Å². The van der Waals surface area contributed by atoms with Gasteiger partial charge in [-0.05, 0) is 66.3 Å². The second-order valence-electron chi connectivity index (χ2n) is 8.23. The molecule has 1 amide bonds. The highest BCUT2D eigenvalue weighted by Crippen LogP contribution is 2.26. The minimum Gasteiger partial charge on any atom is -0.497 e. The fourth-order valence-electron chi connectivity index (χ4n) is 4.13. The highest BCUT2D eigenvalue weighted by Gasteiger charge is 2.20. The van der Waals surface area contributed by atoms with Gasteiger partial charge in [-0.15, -0.1) is 0 Å². The molecule has 4 rings (SSSR count). The minimum absolute atomic E-state index is 0.0902. The average molecular weight is 445 g/mol. The minimum atomic E-state index is -0.625. The van der Waals surface area contributed by atoms with Crippen LogP contribution >= 0.6 is 0 Å². The molecule has 6 heteroatoms. The van der Waals surface area contributed by atoms with Crippen molar-refractivity contribution in [1.29, 1.82) is 0 Å². The number of hydrogen-bond donors (Lipinski definition) is 2. The highest BCUT2D eigenvalue weighted by atomic mass is 16.5. The topological polar surface area (TPSA) is 90.7 Å². The van der Waals surface area contributed by atoms with Gasteiger partial charge in [0.25, 0.3) is 5.91 Å². The summed E-state index contributed by atoms with van der Waals surface area (Å²) in [6.07, 6.45) is 2.76. The molecule has 3 aromatic carbocycles. The summed E-state index contributed by atoms with van der Waals surface area (Å²) in [7, 11) is 1.67. The molecule has 0 radical (unpaired) electrons. The van der Waals surface area contributed by atoms with E-state index in [1.54, 1.807) is 19.2 Å². The fourth-order valence-corrected chi connectivity index (χ4v) is 4.13. The van der Waals surface area contributed by atoms with Crippen LogP contribution in [0.5, 0.6) is 11.5 Å². The zero-order valence-corrected chi connectivity index (χ0v) is 18.7. The quantitative estimate of drug-likeness (QED) is 0.491. The highest BCUT2D eigenvalue weighted by molar-refractivity contribution is 6.02. The number of aryl methyl sites for hydroxylation is 1. The summed E-state index contributed by atoms with van der Waals surface area (Å²) in [6, 6.07) is 20.9. The van der Waals surface area contributed by atoms with Crippen LogP contribution in [0.4, 0.5) is 0 Å². The maximum Gasteiger partial charge on any atom is 0.252 e. The van der Waals surface area contributed by atoms with E-state index in [0.29, 0.717) is 17.9 Å². The van der Waals surface area contributed by atoms with Crippen molar-refractivity contribution >= 4 is 11.7 Å². The number of primary amides is 1. The number of nitrogens with two attached hydrogens (primary N) is 1. The van der Waals surface area contributed by atoms with E-state index < -0.39 is 5.91 Å². The van der Waals surface area contributed by atoms with E-state index in [2.05, 4.69) is 17.4 Å². The molecule has 170 valence electrons. The van der Waals surface area contributed by atoms with Crippen LogP contribution < -0.4 is 20.5 Å². The van der Waals surface area contributed by atoms with Crippen molar-refractivity contribution in [2.75, 3.05) is 13.7 Å². The molecule has 0 aliphatic heterocycles. The molecule has 0 fully saturated rings. The summed E-state index contributed by atoms with van der Waals surface area (Å²) in [5, 5.41) is 3.37. The van der Waals surface area contributed by atoms with E-state index in [9.17, 15) is 9.59 Å². The Hall–Kier alpha value is -3.64. The first-order valence-corrected chi connectivity index (χ1v) is 11.1. The van der Waals surface area contributed by atoms with Crippen LogP contribution in [0.3, 0.4) is 0 Å². The van der Waals surface area contributed by atoms with Gasteiger partial charge < -0.3 is 20.5 Å². The average Bonchev–Trinajstić information content (AvgIpc) is 2.86. The molecule has 0 spiro atoms. The Morgan fingerprint density at radius 3 is 2.61 bits per heavy atom. The number of carbonyl (C=O) groups excluding carboxylic acids is 2. The van der Waals surface area contributed by atoms with E-state index in [-0.39, 0.29) is 23.9 Å². The number of ketones is 1. The smallest absolute Gasteiger partial charge is 0.252 e. The van der Waals surface area contributed by atoms with E-state index in [4.69, 9.17) is 15.2 Å². The number of Topliss-reactive ketones (excluding diaryl/α,β-unsaturated/α-hetero) is 1. The lowest BCUT2D eigenvalue weighted by Gasteiger charge is -2.25. The number of nitrogens with one attached hydrogen (secondary N) is 1. The van der Waals surface area contributed by atoms with E-state index >= 15 is 0 Å². The molecule has 6 nitrogen and oxygen atoms in total. The summed E-state index contributed by atoms with van der Waals surface area (Å²) in [6.45, 7) is 0.504. The number of methoxy groups -OCH3 is 1. The lowest BCUT2D eigenvalue weighted by molar-refractivity contribution is 0.0986. The fraction of sp³-hybridized carbons (Fsp3) is 0.259. The van der Waals surface area contributed by atoms with Gasteiger partial charge >= 0.3 is 0 Å². The van der Waals surface area contributed by atoms with Crippen molar-refractivity contribution in [1.82, 2.24) is 5.32 Å². The van der Waals surface area contributed by atoms with Crippen LogP contribution in [0.2, 0.25) is 0 Å². The molecular weight excluding hydrogens is 416 g/mol. The first-order chi connectivity index (χ1) is 16.0. The van der Waals surface area contributed by atoms with Gasteiger partial charge in [0, 0.05) is 11.6 Å². The molecule has 33 heavy (non-hydrogen) atoms. The monoisotopic (exact) mass is 444 g/mol. The Morgan fingerprint density at radius 1 is 1.03 bits per heavy atom. The van der Waals surface area contributed by atoms with Gasteiger partial charge in [-0.2, -0.15) is 0 Å². The number of benzene rings is 3. The summed E-state index contributed by atoms with van der Waals surface area (Å²) >= 11 is 0. The van der Waals surface area contributed by atoms with Crippen LogP contribution in [-0.4, -0.2) is 31.4 Å². The number of rotatable bonds is 9. The van der Waals surface area contributed by atoms with E-state index in [1.807, 2.05) is 36.4 Å². The van der Waals surface area contributed by atoms with Gasteiger partial charge in [0.15, 0.2) is 5.78 Å². The van der Waals surface area contributed by atoms with Crippen LogP contribution in [0.25, 0.3) is 0 Å². The summed E-state index contributed by atoms with van der Waals surface area (Å²) in [4.78, 5) is 24.8. The van der Waals surface area contributed by atoms with Gasteiger partial charge in [-0.1, -0.05) is 36.4 Å². The molecule has 3 aromatic rings. The van der Waals surface area contributed by atoms with Crippen LogP contribution in [0.1, 0.15) is 43.8 Å². The van der Waals surface area contributed by atoms with Gasteiger partial charge in [-0.3, -0.25) is 9.59 Å². The standard InChI is InChI=1S/C27H28N2O4/c1-32-23-11-8-19-13-22(10-7-20(19)14-23)29-16-25(30)21-9-12-26(24(15-21)27(28)31)33-17-18-5-3-2-4-6-18/h2-6,8-9,11-12,14-15,22,29H,7,10,13,16-17H2,1H3,(H2,28,31). The third-order valence-corrected chi connectivity index (χ3v) is 6.00. The lowest BCUT2D eigenvalue weighted by Crippen LogP contribution is -2.37. The molecule has 0 saturated carbocycles. The van der Waals surface area contributed by atoms with Crippen LogP contribution in [0, 0.1) is 0 Å². The number of ether oxygens (including phenoxy) is 2. The number of hydrogen-bond acceptors (Lipinski definition) is 5. The molecule has 0 heterocycles. The van der Waals surface area contributed by atoms with Crippen LogP contribution in [-0.2, 0) is 19.4 Å². The molecule has 0 bridgehead atoms. The maximum atomic E-state index is 12.8. The van der Waals surface area contributed by atoms with Gasteiger partial charge in [0.05, 0.1) is 19.2 Å². The Labute approximate surface area is 193 Å². The Kier molecular flexibility index (Phi) is 7.05. The van der Waals surface area contributed by atoms with Gasteiger partial charge in [0.2, 0.25) is 0 Å². The summed E-state index contributed by atoms with van der Waals surface area (Å²) in [5.41, 5.74) is 9.75. The Morgan fingerprint density at radius 2 is 1.85 bits per heavy atom. The maximum absolute atomic E-state index is 12.8. The second-order valence-corrected chi connectivity index (χ2v) is 8.23.